The Morgan fingerprint density at radius 2 is 1.28 bits per heavy atom. The summed E-state index contributed by atoms with van der Waals surface area (Å²) in [7, 11) is 0. The molecular formula is C14H8Cl2O2. The third kappa shape index (κ3) is 1.65. The molecule has 0 saturated heterocycles. The highest BCUT2D eigenvalue weighted by atomic mass is 35.5. The van der Waals surface area contributed by atoms with Gasteiger partial charge in [-0.3, -0.25) is 9.59 Å². The highest BCUT2D eigenvalue weighted by Crippen LogP contribution is 2.31. The van der Waals surface area contributed by atoms with Gasteiger partial charge in [-0.2, -0.15) is 0 Å². The molecule has 0 heterocycles. The van der Waals surface area contributed by atoms with Crippen LogP contribution in [0.1, 0.15) is 31.8 Å². The monoisotopic (exact) mass is 278 g/mol. The summed E-state index contributed by atoms with van der Waals surface area (Å²) in [6.45, 7) is 0. The van der Waals surface area contributed by atoms with Gasteiger partial charge in [0.05, 0.1) is 10.6 Å². The van der Waals surface area contributed by atoms with Crippen LogP contribution in [0.5, 0.6) is 0 Å². The van der Waals surface area contributed by atoms with Gasteiger partial charge in [-0.05, 0) is 6.07 Å². The normalized spacial score (nSPS) is 12.5. The lowest BCUT2D eigenvalue weighted by Gasteiger charge is -2.17. The molecule has 1 aliphatic rings. The van der Waals surface area contributed by atoms with E-state index in [9.17, 15) is 9.59 Å². The predicted molar refractivity (Wildman–Crippen MR) is 72.0 cm³/mol. The van der Waals surface area contributed by atoms with Crippen LogP contribution in [-0.2, 0) is 0 Å². The number of rotatable bonds is 0. The smallest absolute Gasteiger partial charge is 0.196 e. The van der Waals surface area contributed by atoms with E-state index in [1.54, 1.807) is 42.5 Å². The molecule has 18 heavy (non-hydrogen) atoms. The topological polar surface area (TPSA) is 34.1 Å². The average molecular weight is 279 g/mol. The van der Waals surface area contributed by atoms with Crippen molar-refractivity contribution >= 4 is 35.6 Å². The summed E-state index contributed by atoms with van der Waals surface area (Å²) in [5.41, 5.74) is 1.59. The number of hydrogen-bond donors (Lipinski definition) is 0. The van der Waals surface area contributed by atoms with Gasteiger partial charge in [0.25, 0.3) is 0 Å². The van der Waals surface area contributed by atoms with Gasteiger partial charge in [0.1, 0.15) is 0 Å². The van der Waals surface area contributed by atoms with Crippen molar-refractivity contribution in [1.82, 2.24) is 0 Å². The zero-order valence-corrected chi connectivity index (χ0v) is 10.7. The Kier molecular flexibility index (Phi) is 3.24. The molecule has 2 aromatic carbocycles. The molecule has 0 aromatic heterocycles. The summed E-state index contributed by atoms with van der Waals surface area (Å²) in [6.07, 6.45) is 0. The maximum Gasteiger partial charge on any atom is 0.196 e. The Labute approximate surface area is 115 Å². The highest BCUT2D eigenvalue weighted by Gasteiger charge is 2.30. The lowest BCUT2D eigenvalue weighted by Crippen LogP contribution is -2.21. The largest absolute Gasteiger partial charge is 0.289 e. The van der Waals surface area contributed by atoms with Gasteiger partial charge < -0.3 is 0 Å². The Hall–Kier alpha value is -1.64. The van der Waals surface area contributed by atoms with Crippen molar-refractivity contribution < 1.29 is 9.59 Å². The molecule has 0 atom stereocenters. The van der Waals surface area contributed by atoms with Crippen molar-refractivity contribution in [1.29, 1.82) is 0 Å². The van der Waals surface area contributed by atoms with E-state index < -0.39 is 0 Å². The number of carbonyl (C=O) groups excluding carboxylic acids is 2. The minimum atomic E-state index is -0.180. The van der Waals surface area contributed by atoms with Gasteiger partial charge >= 0.3 is 0 Å². The first kappa shape index (κ1) is 12.8. The summed E-state index contributed by atoms with van der Waals surface area (Å²) in [5, 5.41) is 0.329. The van der Waals surface area contributed by atoms with Crippen molar-refractivity contribution in [2.24, 2.45) is 0 Å². The third-order valence-corrected chi connectivity index (χ3v) is 3.22. The Morgan fingerprint density at radius 1 is 0.722 bits per heavy atom. The number of ketones is 2. The molecule has 1 aliphatic carbocycles. The minimum absolute atomic E-state index is 0. The molecule has 0 amide bonds. The fourth-order valence-electron chi connectivity index (χ4n) is 2.10. The van der Waals surface area contributed by atoms with Crippen LogP contribution in [0, 0.1) is 0 Å². The average Bonchev–Trinajstić information content (AvgIpc) is 2.36. The predicted octanol–water partition coefficient (Wildman–Crippen LogP) is 3.54. The van der Waals surface area contributed by atoms with E-state index in [0.717, 1.165) is 0 Å². The van der Waals surface area contributed by atoms with E-state index in [2.05, 4.69) is 0 Å². The first-order valence-corrected chi connectivity index (χ1v) is 5.55. The molecule has 0 radical (unpaired) electrons. The van der Waals surface area contributed by atoms with E-state index >= 15 is 0 Å². The van der Waals surface area contributed by atoms with Crippen molar-refractivity contribution in [2.45, 2.75) is 0 Å². The summed E-state index contributed by atoms with van der Waals surface area (Å²) >= 11 is 6.00. The molecule has 0 saturated carbocycles. The van der Waals surface area contributed by atoms with Crippen LogP contribution in [0.4, 0.5) is 0 Å². The molecule has 0 bridgehead atoms. The highest BCUT2D eigenvalue weighted by molar-refractivity contribution is 6.39. The van der Waals surface area contributed by atoms with Crippen molar-refractivity contribution in [3.05, 3.63) is 69.7 Å². The number of benzene rings is 2. The number of carbonyl (C=O) groups is 2. The standard InChI is InChI=1S/C14H7ClO2.ClH/c15-11-7-3-6-10-12(11)14(17)9-5-2-1-4-8(9)13(10)16;/h1-7H;1H. The second-order valence-electron chi connectivity index (χ2n) is 3.87. The molecule has 0 fully saturated rings. The van der Waals surface area contributed by atoms with Crippen LogP contribution < -0.4 is 0 Å². The zero-order chi connectivity index (χ0) is 12.0. The zero-order valence-electron chi connectivity index (χ0n) is 9.14. The van der Waals surface area contributed by atoms with Crippen LogP contribution >= 0.6 is 24.0 Å². The van der Waals surface area contributed by atoms with Crippen LogP contribution in [0.15, 0.2) is 42.5 Å². The van der Waals surface area contributed by atoms with Crippen LogP contribution in [0.25, 0.3) is 0 Å². The minimum Gasteiger partial charge on any atom is -0.289 e. The summed E-state index contributed by atoms with van der Waals surface area (Å²) < 4.78 is 0. The van der Waals surface area contributed by atoms with E-state index in [4.69, 9.17) is 11.6 Å². The molecule has 90 valence electrons. The molecule has 2 aromatic rings. The van der Waals surface area contributed by atoms with E-state index in [0.29, 0.717) is 27.3 Å². The maximum atomic E-state index is 12.2. The third-order valence-electron chi connectivity index (χ3n) is 2.90. The first-order valence-electron chi connectivity index (χ1n) is 5.17. The molecule has 0 unspecified atom stereocenters. The van der Waals surface area contributed by atoms with E-state index in [1.807, 2.05) is 0 Å². The second kappa shape index (κ2) is 4.56. The number of halogens is 2. The maximum absolute atomic E-state index is 12.2. The van der Waals surface area contributed by atoms with Crippen LogP contribution in [0.3, 0.4) is 0 Å². The Morgan fingerprint density at radius 3 is 1.94 bits per heavy atom. The lowest BCUT2D eigenvalue weighted by molar-refractivity contribution is 0.0979. The van der Waals surface area contributed by atoms with Gasteiger partial charge in [0, 0.05) is 16.7 Å². The first-order chi connectivity index (χ1) is 8.20. The van der Waals surface area contributed by atoms with Gasteiger partial charge in [-0.25, -0.2) is 0 Å². The quantitative estimate of drug-likeness (QED) is 0.630. The molecule has 2 nitrogen and oxygen atoms in total. The van der Waals surface area contributed by atoms with Gasteiger partial charge in [-0.1, -0.05) is 48.0 Å². The van der Waals surface area contributed by atoms with Crippen LogP contribution in [0.2, 0.25) is 5.02 Å². The number of hydrogen-bond acceptors (Lipinski definition) is 2. The summed E-state index contributed by atoms with van der Waals surface area (Å²) in [4.78, 5) is 24.4. The molecule has 4 heteroatoms. The lowest BCUT2D eigenvalue weighted by atomic mass is 9.84. The second-order valence-corrected chi connectivity index (χ2v) is 4.27. The summed E-state index contributed by atoms with van der Waals surface area (Å²) in [5.74, 6) is -0.321. The fourth-order valence-corrected chi connectivity index (χ4v) is 2.36. The fraction of sp³-hybridized carbons (Fsp3) is 0. The van der Waals surface area contributed by atoms with Crippen LogP contribution in [-0.4, -0.2) is 11.6 Å². The van der Waals surface area contributed by atoms with Gasteiger partial charge in [0.15, 0.2) is 11.6 Å². The molecule has 0 spiro atoms. The Bertz CT molecular complexity index is 663. The van der Waals surface area contributed by atoms with E-state index in [-0.39, 0.29) is 24.0 Å². The van der Waals surface area contributed by atoms with E-state index in [1.165, 1.54) is 0 Å². The van der Waals surface area contributed by atoms with Crippen molar-refractivity contribution in [3.63, 3.8) is 0 Å². The molecular weight excluding hydrogens is 271 g/mol. The van der Waals surface area contributed by atoms with Gasteiger partial charge in [0.2, 0.25) is 0 Å². The molecule has 3 rings (SSSR count). The van der Waals surface area contributed by atoms with Crippen molar-refractivity contribution in [2.75, 3.05) is 0 Å². The number of fused-ring (bicyclic) bond motifs is 2. The Balaban J connectivity index is 0.00000120. The molecule has 0 aliphatic heterocycles. The van der Waals surface area contributed by atoms with Gasteiger partial charge in [-0.15, -0.1) is 12.4 Å². The SMILES string of the molecule is Cl.O=C1c2ccccc2C(=O)c2c(Cl)cccc21. The molecule has 0 N–H and O–H groups in total. The van der Waals surface area contributed by atoms with Crippen molar-refractivity contribution in [3.8, 4) is 0 Å². The summed E-state index contributed by atoms with van der Waals surface area (Å²) in [6, 6.07) is 11.8.